The number of aromatic hydroxyl groups is 1. The van der Waals surface area contributed by atoms with Crippen LogP contribution in [0.25, 0.3) is 0 Å². The van der Waals surface area contributed by atoms with Crippen molar-refractivity contribution in [3.8, 4) is 5.75 Å². The third kappa shape index (κ3) is 1.43. The van der Waals surface area contributed by atoms with Gasteiger partial charge in [-0.05, 0) is 18.2 Å². The molecule has 0 aliphatic heterocycles. The second-order valence-electron chi connectivity index (χ2n) is 2.00. The minimum atomic E-state index is -0.161. The summed E-state index contributed by atoms with van der Waals surface area (Å²) < 4.78 is 0. The van der Waals surface area contributed by atoms with Crippen LogP contribution in [0, 0.1) is 0 Å². The van der Waals surface area contributed by atoms with Gasteiger partial charge in [-0.15, -0.1) is 0 Å². The maximum absolute atomic E-state index is 10.2. The molecular formula is C8H5O3. The van der Waals surface area contributed by atoms with E-state index in [1.54, 1.807) is 0 Å². The molecular weight excluding hydrogens is 144 g/mol. The van der Waals surface area contributed by atoms with Gasteiger partial charge in [-0.2, -0.15) is 0 Å². The number of carbonyl (C=O) groups excluding carboxylic acids is 2. The van der Waals surface area contributed by atoms with E-state index in [1.165, 1.54) is 24.5 Å². The second-order valence-corrected chi connectivity index (χ2v) is 2.00. The van der Waals surface area contributed by atoms with Crippen LogP contribution in [0.15, 0.2) is 18.2 Å². The fraction of sp³-hybridized carbons (Fsp3) is 0. The molecule has 55 valence electrons. The molecule has 3 heteroatoms. The summed E-state index contributed by atoms with van der Waals surface area (Å²) in [6.45, 7) is 0. The van der Waals surface area contributed by atoms with Crippen LogP contribution in [-0.2, 0) is 4.79 Å². The Morgan fingerprint density at radius 1 is 1.45 bits per heavy atom. The summed E-state index contributed by atoms with van der Waals surface area (Å²) in [7, 11) is 0. The van der Waals surface area contributed by atoms with E-state index in [4.69, 9.17) is 5.11 Å². The van der Waals surface area contributed by atoms with Crippen LogP contribution in [0.4, 0.5) is 0 Å². The van der Waals surface area contributed by atoms with Crippen molar-refractivity contribution in [3.63, 3.8) is 0 Å². The number of aldehydes is 1. The van der Waals surface area contributed by atoms with E-state index in [0.717, 1.165) is 0 Å². The van der Waals surface area contributed by atoms with Crippen LogP contribution in [-0.4, -0.2) is 17.7 Å². The van der Waals surface area contributed by atoms with Gasteiger partial charge in [0.05, 0.1) is 5.56 Å². The lowest BCUT2D eigenvalue weighted by molar-refractivity contribution is 0.112. The molecule has 1 aromatic rings. The molecule has 0 heterocycles. The number of hydrogen-bond donors (Lipinski definition) is 1. The Balaban J connectivity index is 3.22. The molecule has 0 bridgehead atoms. The molecule has 1 aromatic carbocycles. The van der Waals surface area contributed by atoms with E-state index >= 15 is 0 Å². The van der Waals surface area contributed by atoms with Crippen molar-refractivity contribution in [2.75, 3.05) is 0 Å². The molecule has 0 atom stereocenters. The Morgan fingerprint density at radius 3 is 2.73 bits per heavy atom. The van der Waals surface area contributed by atoms with Crippen LogP contribution < -0.4 is 0 Å². The fourth-order valence-electron chi connectivity index (χ4n) is 0.709. The number of phenols is 1. The smallest absolute Gasteiger partial charge is 0.237 e. The standard InChI is InChI=1S/C8H5O3/c9-4-6-1-2-8(11)7(3-6)5-10/h1-4,11H. The van der Waals surface area contributed by atoms with Crippen molar-refractivity contribution >= 4 is 12.6 Å². The number of benzene rings is 1. The minimum absolute atomic E-state index is 0.00889. The molecule has 0 saturated carbocycles. The van der Waals surface area contributed by atoms with E-state index in [0.29, 0.717) is 11.8 Å². The summed E-state index contributed by atoms with van der Waals surface area (Å²) in [5, 5.41) is 8.95. The first-order valence-corrected chi connectivity index (χ1v) is 2.94. The highest BCUT2D eigenvalue weighted by Gasteiger charge is 2.00. The first-order valence-electron chi connectivity index (χ1n) is 2.94. The highest BCUT2D eigenvalue weighted by Crippen LogP contribution is 2.14. The summed E-state index contributed by atoms with van der Waals surface area (Å²) in [6.07, 6.45) is 2.11. The predicted octanol–water partition coefficient (Wildman–Crippen LogP) is 0.662. The van der Waals surface area contributed by atoms with E-state index in [1.807, 2.05) is 0 Å². The number of hydrogen-bond acceptors (Lipinski definition) is 3. The summed E-state index contributed by atoms with van der Waals surface area (Å²) in [5.41, 5.74) is 0.357. The van der Waals surface area contributed by atoms with Crippen molar-refractivity contribution < 1.29 is 14.7 Å². The molecule has 3 nitrogen and oxygen atoms in total. The number of rotatable bonds is 2. The zero-order chi connectivity index (χ0) is 8.27. The van der Waals surface area contributed by atoms with Crippen LogP contribution in [0.3, 0.4) is 0 Å². The van der Waals surface area contributed by atoms with Crippen molar-refractivity contribution in [3.05, 3.63) is 29.3 Å². The molecule has 0 spiro atoms. The van der Waals surface area contributed by atoms with Gasteiger partial charge in [-0.25, -0.2) is 0 Å². The van der Waals surface area contributed by atoms with E-state index in [-0.39, 0.29) is 11.3 Å². The highest BCUT2D eigenvalue weighted by atomic mass is 16.3. The summed E-state index contributed by atoms with van der Waals surface area (Å²) in [4.78, 5) is 20.3. The largest absolute Gasteiger partial charge is 0.507 e. The van der Waals surface area contributed by atoms with Gasteiger partial charge in [0.25, 0.3) is 0 Å². The Hall–Kier alpha value is -1.64. The molecule has 0 saturated heterocycles. The lowest BCUT2D eigenvalue weighted by Gasteiger charge is -1.94. The summed E-state index contributed by atoms with van der Waals surface area (Å²) >= 11 is 0. The quantitative estimate of drug-likeness (QED) is 0.628. The number of phenolic OH excluding ortho intramolecular Hbond substituents is 1. The maximum Gasteiger partial charge on any atom is 0.237 e. The van der Waals surface area contributed by atoms with Gasteiger partial charge in [0.2, 0.25) is 6.29 Å². The maximum atomic E-state index is 10.2. The van der Waals surface area contributed by atoms with Crippen LogP contribution in [0.5, 0.6) is 5.75 Å². The van der Waals surface area contributed by atoms with Crippen molar-refractivity contribution in [1.29, 1.82) is 0 Å². The number of carbonyl (C=O) groups is 1. The van der Waals surface area contributed by atoms with Crippen LogP contribution >= 0.6 is 0 Å². The topological polar surface area (TPSA) is 54.4 Å². The SMILES string of the molecule is O=[C]c1cc(C=O)ccc1O. The zero-order valence-electron chi connectivity index (χ0n) is 5.57. The molecule has 0 amide bonds. The van der Waals surface area contributed by atoms with Crippen molar-refractivity contribution in [2.24, 2.45) is 0 Å². The van der Waals surface area contributed by atoms with Gasteiger partial charge in [0.15, 0.2) is 0 Å². The second kappa shape index (κ2) is 2.96. The molecule has 1 rings (SSSR count). The first kappa shape index (κ1) is 7.47. The Bertz CT molecular complexity index is 291. The van der Waals surface area contributed by atoms with Gasteiger partial charge in [-0.3, -0.25) is 9.59 Å². The Kier molecular flexibility index (Phi) is 2.01. The lowest BCUT2D eigenvalue weighted by Crippen LogP contribution is -1.85. The molecule has 1 radical (unpaired) electrons. The molecule has 0 unspecified atom stereocenters. The molecule has 0 aliphatic carbocycles. The zero-order valence-corrected chi connectivity index (χ0v) is 5.57. The lowest BCUT2D eigenvalue weighted by atomic mass is 10.1. The molecule has 0 fully saturated rings. The monoisotopic (exact) mass is 149 g/mol. The third-order valence-corrected chi connectivity index (χ3v) is 1.27. The van der Waals surface area contributed by atoms with Gasteiger partial charge in [0, 0.05) is 5.56 Å². The van der Waals surface area contributed by atoms with Gasteiger partial charge >= 0.3 is 0 Å². The van der Waals surface area contributed by atoms with Crippen molar-refractivity contribution in [2.45, 2.75) is 0 Å². The molecule has 0 aromatic heterocycles. The van der Waals surface area contributed by atoms with Gasteiger partial charge in [-0.1, -0.05) is 0 Å². The van der Waals surface area contributed by atoms with E-state index in [2.05, 4.69) is 0 Å². The van der Waals surface area contributed by atoms with E-state index in [9.17, 15) is 9.59 Å². The van der Waals surface area contributed by atoms with Gasteiger partial charge in [0.1, 0.15) is 12.0 Å². The third-order valence-electron chi connectivity index (χ3n) is 1.27. The minimum Gasteiger partial charge on any atom is -0.507 e. The van der Waals surface area contributed by atoms with Crippen molar-refractivity contribution in [1.82, 2.24) is 0 Å². The Labute approximate surface area is 63.3 Å². The molecule has 1 N–H and O–H groups in total. The van der Waals surface area contributed by atoms with E-state index < -0.39 is 0 Å². The molecule has 11 heavy (non-hydrogen) atoms. The normalized spacial score (nSPS) is 9.09. The summed E-state index contributed by atoms with van der Waals surface area (Å²) in [5.74, 6) is -0.161. The first-order chi connectivity index (χ1) is 5.27. The summed E-state index contributed by atoms with van der Waals surface area (Å²) in [6, 6.07) is 3.97. The fourth-order valence-corrected chi connectivity index (χ4v) is 0.709. The predicted molar refractivity (Wildman–Crippen MR) is 38.3 cm³/mol. The van der Waals surface area contributed by atoms with Crippen LogP contribution in [0.2, 0.25) is 0 Å². The van der Waals surface area contributed by atoms with Gasteiger partial charge < -0.3 is 5.11 Å². The Morgan fingerprint density at radius 2 is 2.18 bits per heavy atom. The average molecular weight is 149 g/mol. The average Bonchev–Trinajstić information content (AvgIpc) is 2.05. The van der Waals surface area contributed by atoms with Crippen LogP contribution in [0.1, 0.15) is 15.9 Å². The highest BCUT2D eigenvalue weighted by molar-refractivity contribution is 5.84. The molecule has 0 aliphatic rings.